The number of methoxy groups -OCH3 is 2. The summed E-state index contributed by atoms with van der Waals surface area (Å²) < 4.78 is 20.8. The molecule has 3 aromatic rings. The van der Waals surface area contributed by atoms with Gasteiger partial charge in [-0.15, -0.1) is 11.3 Å². The molecule has 1 N–H and O–H groups in total. The van der Waals surface area contributed by atoms with Gasteiger partial charge in [-0.2, -0.15) is 0 Å². The van der Waals surface area contributed by atoms with Crippen molar-refractivity contribution in [2.75, 3.05) is 14.2 Å². The van der Waals surface area contributed by atoms with Crippen molar-refractivity contribution in [3.8, 4) is 16.3 Å². The van der Waals surface area contributed by atoms with E-state index in [-0.39, 0.29) is 11.8 Å². The normalized spacial score (nSPS) is 12.6. The summed E-state index contributed by atoms with van der Waals surface area (Å²) in [5.41, 5.74) is 1.96. The summed E-state index contributed by atoms with van der Waals surface area (Å²) >= 11 is 1.36. The number of benzene rings is 1. The molecule has 2 aromatic heterocycles. The molecule has 1 amide bonds. The van der Waals surface area contributed by atoms with Gasteiger partial charge in [-0.05, 0) is 31.9 Å². The lowest BCUT2D eigenvalue weighted by molar-refractivity contribution is -0.151. The fourth-order valence-electron chi connectivity index (χ4n) is 3.33. The minimum Gasteiger partial charge on any atom is -0.480 e. The zero-order chi connectivity index (χ0) is 25.7. The second kappa shape index (κ2) is 11.1. The number of carbonyl (C=O) groups excluding carboxylic acids is 3. The highest BCUT2D eigenvalue weighted by atomic mass is 32.1. The Kier molecular flexibility index (Phi) is 8.23. The maximum Gasteiger partial charge on any atom is 0.328 e. The predicted octanol–water partition coefficient (Wildman–Crippen LogP) is 2.78. The van der Waals surface area contributed by atoms with Crippen LogP contribution in [0.15, 0.2) is 33.0 Å². The van der Waals surface area contributed by atoms with E-state index < -0.39 is 30.0 Å². The van der Waals surface area contributed by atoms with Gasteiger partial charge in [0.25, 0.3) is 5.91 Å². The number of rotatable bonds is 9. The fourth-order valence-corrected chi connectivity index (χ4v) is 4.13. The van der Waals surface area contributed by atoms with Gasteiger partial charge in [0.05, 0.1) is 31.6 Å². The Hall–Kier alpha value is -3.73. The van der Waals surface area contributed by atoms with Crippen LogP contribution in [0.2, 0.25) is 0 Å². The number of hydrogen-bond donors (Lipinski definition) is 1. The molecule has 0 saturated carbocycles. The molecule has 0 aliphatic rings. The van der Waals surface area contributed by atoms with Crippen LogP contribution in [0.25, 0.3) is 21.5 Å². The molecular formula is C24H26N2O8S. The van der Waals surface area contributed by atoms with E-state index in [1.807, 2.05) is 19.2 Å². The van der Waals surface area contributed by atoms with Gasteiger partial charge >= 0.3 is 11.9 Å². The third-order valence-electron chi connectivity index (χ3n) is 5.26. The number of nitrogens with zero attached hydrogens (tertiary/aromatic N) is 1. The molecule has 0 saturated heterocycles. The first-order chi connectivity index (χ1) is 16.7. The third-order valence-corrected chi connectivity index (χ3v) is 6.25. The highest BCUT2D eigenvalue weighted by Gasteiger charge is 2.28. The first-order valence-electron chi connectivity index (χ1n) is 10.8. The zero-order valence-corrected chi connectivity index (χ0v) is 20.8. The van der Waals surface area contributed by atoms with Crippen LogP contribution in [-0.4, -0.2) is 49.2 Å². The predicted molar refractivity (Wildman–Crippen MR) is 128 cm³/mol. The lowest BCUT2D eigenvalue weighted by Crippen LogP contribution is -2.47. The molecule has 0 aliphatic heterocycles. The van der Waals surface area contributed by atoms with Crippen LogP contribution in [0.4, 0.5) is 0 Å². The largest absolute Gasteiger partial charge is 0.480 e. The highest BCUT2D eigenvalue weighted by molar-refractivity contribution is 7.13. The van der Waals surface area contributed by atoms with Crippen LogP contribution >= 0.6 is 11.3 Å². The number of amides is 1. The average Bonchev–Trinajstić information content (AvgIpc) is 3.28. The molecule has 0 radical (unpaired) electrons. The Morgan fingerprint density at radius 3 is 2.54 bits per heavy atom. The number of hydrogen-bond acceptors (Lipinski definition) is 10. The van der Waals surface area contributed by atoms with E-state index in [1.165, 1.54) is 31.6 Å². The van der Waals surface area contributed by atoms with Crippen molar-refractivity contribution in [2.45, 2.75) is 45.8 Å². The number of thiazole rings is 1. The molecule has 186 valence electrons. The number of nitrogens with one attached hydrogen (secondary N) is 1. The fraction of sp³-hybridized carbons (Fsp3) is 0.375. The van der Waals surface area contributed by atoms with Gasteiger partial charge in [0.1, 0.15) is 28.6 Å². The van der Waals surface area contributed by atoms with Gasteiger partial charge in [-0.25, -0.2) is 9.78 Å². The molecule has 35 heavy (non-hydrogen) atoms. The number of ether oxygens (including phenoxy) is 3. The van der Waals surface area contributed by atoms with E-state index >= 15 is 0 Å². The van der Waals surface area contributed by atoms with Crippen LogP contribution in [0.1, 0.15) is 31.5 Å². The smallest absolute Gasteiger partial charge is 0.328 e. The summed E-state index contributed by atoms with van der Waals surface area (Å²) in [6.45, 7) is 5.23. The number of carbonyl (C=O) groups is 3. The molecule has 0 fully saturated rings. The molecule has 0 spiro atoms. The number of aromatic nitrogens is 1. The average molecular weight is 503 g/mol. The standard InChI is InChI=1S/C24H26N2O8S/c1-6-14-7-15-19(33-10-16(21(15)28)23-25-12(2)11-35-23)9-18(14)34-13(3)22(29)26-17(24(30)32-5)8-20(27)31-4/h7,9-11,13,17H,6,8H2,1-5H3,(H,26,29)/t13?,17-/m1/s1. The number of aryl methyl sites for hydroxylation is 2. The van der Waals surface area contributed by atoms with Gasteiger partial charge in [-0.3, -0.25) is 14.4 Å². The molecular weight excluding hydrogens is 476 g/mol. The lowest BCUT2D eigenvalue weighted by Gasteiger charge is -2.20. The maximum atomic E-state index is 13.1. The minimum atomic E-state index is -1.22. The maximum absolute atomic E-state index is 13.1. The van der Waals surface area contributed by atoms with Crippen LogP contribution in [0.5, 0.6) is 5.75 Å². The third kappa shape index (κ3) is 5.86. The van der Waals surface area contributed by atoms with Crippen molar-refractivity contribution in [1.29, 1.82) is 0 Å². The molecule has 0 aliphatic carbocycles. The van der Waals surface area contributed by atoms with Crippen LogP contribution < -0.4 is 15.5 Å². The monoisotopic (exact) mass is 502 g/mol. The van der Waals surface area contributed by atoms with Gasteiger partial charge in [0.2, 0.25) is 5.43 Å². The van der Waals surface area contributed by atoms with E-state index in [2.05, 4.69) is 19.8 Å². The van der Waals surface area contributed by atoms with Crippen molar-refractivity contribution >= 4 is 40.2 Å². The lowest BCUT2D eigenvalue weighted by atomic mass is 10.1. The molecule has 3 rings (SSSR count). The second-order valence-electron chi connectivity index (χ2n) is 7.71. The molecule has 11 heteroatoms. The van der Waals surface area contributed by atoms with E-state index in [4.69, 9.17) is 9.15 Å². The Labute approximate surface area is 205 Å². The summed E-state index contributed by atoms with van der Waals surface area (Å²) in [5, 5.41) is 5.26. The van der Waals surface area contributed by atoms with Crippen molar-refractivity contribution in [3.05, 3.63) is 45.3 Å². The summed E-state index contributed by atoms with van der Waals surface area (Å²) in [6, 6.07) is 2.02. The molecule has 0 bridgehead atoms. The van der Waals surface area contributed by atoms with E-state index in [9.17, 15) is 19.2 Å². The van der Waals surface area contributed by atoms with Gasteiger partial charge in [0, 0.05) is 17.1 Å². The molecule has 10 nitrogen and oxygen atoms in total. The first-order valence-corrected chi connectivity index (χ1v) is 11.7. The number of fused-ring (bicyclic) bond motifs is 1. The number of esters is 2. The van der Waals surface area contributed by atoms with Crippen molar-refractivity contribution in [2.24, 2.45) is 0 Å². The van der Waals surface area contributed by atoms with E-state index in [0.29, 0.717) is 39.3 Å². The van der Waals surface area contributed by atoms with Gasteiger partial charge < -0.3 is 23.9 Å². The summed E-state index contributed by atoms with van der Waals surface area (Å²) in [4.78, 5) is 53.7. The highest BCUT2D eigenvalue weighted by Crippen LogP contribution is 2.29. The molecule has 1 unspecified atom stereocenters. The molecule has 2 atom stereocenters. The Bertz CT molecular complexity index is 1310. The van der Waals surface area contributed by atoms with Crippen LogP contribution in [0.3, 0.4) is 0 Å². The Morgan fingerprint density at radius 1 is 1.20 bits per heavy atom. The minimum absolute atomic E-state index is 0.212. The Balaban J connectivity index is 1.86. The van der Waals surface area contributed by atoms with Crippen molar-refractivity contribution in [3.63, 3.8) is 0 Å². The summed E-state index contributed by atoms with van der Waals surface area (Å²) in [7, 11) is 2.33. The quantitative estimate of drug-likeness (QED) is 0.438. The zero-order valence-electron chi connectivity index (χ0n) is 20.0. The van der Waals surface area contributed by atoms with Gasteiger partial charge in [0.15, 0.2) is 6.10 Å². The van der Waals surface area contributed by atoms with Gasteiger partial charge in [-0.1, -0.05) is 6.92 Å². The van der Waals surface area contributed by atoms with Crippen molar-refractivity contribution < 1.29 is 33.0 Å². The second-order valence-corrected chi connectivity index (χ2v) is 8.56. The SMILES string of the molecule is CCc1cc2c(=O)c(-c3nc(C)cs3)coc2cc1OC(C)C(=O)N[C@H](CC(=O)OC)C(=O)OC. The van der Waals surface area contributed by atoms with E-state index in [1.54, 1.807) is 12.1 Å². The summed E-state index contributed by atoms with van der Waals surface area (Å²) in [6.07, 6.45) is 0.464. The van der Waals surface area contributed by atoms with Crippen LogP contribution in [0, 0.1) is 6.92 Å². The Morgan fingerprint density at radius 2 is 1.94 bits per heavy atom. The van der Waals surface area contributed by atoms with Crippen molar-refractivity contribution in [1.82, 2.24) is 10.3 Å². The summed E-state index contributed by atoms with van der Waals surface area (Å²) in [5.74, 6) is -1.75. The van der Waals surface area contributed by atoms with E-state index in [0.717, 1.165) is 12.8 Å². The topological polar surface area (TPSA) is 134 Å². The first kappa shape index (κ1) is 25.9. The van der Waals surface area contributed by atoms with Crippen LogP contribution in [-0.2, 0) is 30.3 Å². The molecule has 2 heterocycles. The molecule has 1 aromatic carbocycles.